The van der Waals surface area contributed by atoms with Crippen molar-refractivity contribution < 1.29 is 14.7 Å². The van der Waals surface area contributed by atoms with E-state index in [1.54, 1.807) is 17.3 Å². The van der Waals surface area contributed by atoms with Gasteiger partial charge in [0, 0.05) is 19.0 Å². The zero-order chi connectivity index (χ0) is 15.2. The fourth-order valence-electron chi connectivity index (χ4n) is 1.88. The van der Waals surface area contributed by atoms with Gasteiger partial charge in [-0.05, 0) is 5.56 Å². The first kappa shape index (κ1) is 15.2. The maximum absolute atomic E-state index is 12.1. The van der Waals surface area contributed by atoms with E-state index in [-0.39, 0.29) is 18.7 Å². The second-order valence-corrected chi connectivity index (χ2v) is 5.66. The molecule has 0 aliphatic heterocycles. The lowest BCUT2D eigenvalue weighted by atomic mass is 10.2. The normalized spacial score (nSPS) is 10.3. The van der Waals surface area contributed by atoms with Crippen LogP contribution in [0.15, 0.2) is 35.7 Å². The van der Waals surface area contributed by atoms with Crippen molar-refractivity contribution in [3.8, 4) is 0 Å². The highest BCUT2D eigenvalue weighted by atomic mass is 32.1. The van der Waals surface area contributed by atoms with Crippen LogP contribution in [0.1, 0.15) is 16.3 Å². The van der Waals surface area contributed by atoms with Gasteiger partial charge in [0.25, 0.3) is 0 Å². The summed E-state index contributed by atoms with van der Waals surface area (Å²) in [6.07, 6.45) is 0.0954. The van der Waals surface area contributed by atoms with Gasteiger partial charge < -0.3 is 10.0 Å². The number of aliphatic carboxylic acids is 1. The largest absolute Gasteiger partial charge is 0.481 e. The number of rotatable bonds is 6. The van der Waals surface area contributed by atoms with Crippen LogP contribution in [0.5, 0.6) is 0 Å². The summed E-state index contributed by atoms with van der Waals surface area (Å²) in [4.78, 5) is 28.5. The molecule has 1 aromatic heterocycles. The van der Waals surface area contributed by atoms with Crippen LogP contribution in [0.3, 0.4) is 0 Å². The third kappa shape index (κ3) is 4.68. The van der Waals surface area contributed by atoms with Crippen molar-refractivity contribution in [3.63, 3.8) is 0 Å². The molecule has 5 nitrogen and oxygen atoms in total. The van der Waals surface area contributed by atoms with Crippen molar-refractivity contribution in [2.75, 3.05) is 7.05 Å². The molecule has 1 aromatic carbocycles. The minimum atomic E-state index is -0.917. The number of amides is 1. The molecule has 0 aliphatic carbocycles. The van der Waals surface area contributed by atoms with E-state index in [9.17, 15) is 9.59 Å². The molecule has 0 unspecified atom stereocenters. The van der Waals surface area contributed by atoms with Gasteiger partial charge in [0.05, 0.1) is 18.5 Å². The Morgan fingerprint density at radius 3 is 2.62 bits per heavy atom. The number of nitrogens with zero attached hydrogens (tertiary/aromatic N) is 2. The molecule has 0 aliphatic rings. The molecular formula is C15H16N2O3S. The molecule has 110 valence electrons. The van der Waals surface area contributed by atoms with E-state index in [1.807, 2.05) is 30.3 Å². The van der Waals surface area contributed by atoms with Crippen LogP contribution in [0.4, 0.5) is 0 Å². The van der Waals surface area contributed by atoms with Gasteiger partial charge in [0.1, 0.15) is 5.01 Å². The van der Waals surface area contributed by atoms with Crippen LogP contribution in [0, 0.1) is 0 Å². The zero-order valence-electron chi connectivity index (χ0n) is 11.7. The van der Waals surface area contributed by atoms with Gasteiger partial charge in [-0.2, -0.15) is 0 Å². The van der Waals surface area contributed by atoms with Gasteiger partial charge in [-0.3, -0.25) is 9.59 Å². The highest BCUT2D eigenvalue weighted by molar-refractivity contribution is 7.09. The molecule has 0 bridgehead atoms. The van der Waals surface area contributed by atoms with E-state index in [1.165, 1.54) is 11.3 Å². The average Bonchev–Trinajstić information content (AvgIpc) is 2.86. The summed E-state index contributed by atoms with van der Waals surface area (Å²) in [5.41, 5.74) is 1.57. The maximum Gasteiger partial charge on any atom is 0.309 e. The molecule has 0 spiro atoms. The molecule has 0 saturated carbocycles. The number of aromatic nitrogens is 1. The topological polar surface area (TPSA) is 70.5 Å². The van der Waals surface area contributed by atoms with Crippen LogP contribution in [0.25, 0.3) is 0 Å². The van der Waals surface area contributed by atoms with Crippen molar-refractivity contribution in [1.82, 2.24) is 9.88 Å². The molecule has 1 N–H and O–H groups in total. The Hall–Kier alpha value is -2.21. The van der Waals surface area contributed by atoms with Crippen molar-refractivity contribution in [2.45, 2.75) is 19.4 Å². The molecule has 2 rings (SSSR count). The zero-order valence-corrected chi connectivity index (χ0v) is 12.5. The molecule has 6 heteroatoms. The molecule has 0 radical (unpaired) electrons. The lowest BCUT2D eigenvalue weighted by Gasteiger charge is -2.16. The van der Waals surface area contributed by atoms with E-state index >= 15 is 0 Å². The van der Waals surface area contributed by atoms with E-state index in [0.717, 1.165) is 5.56 Å². The predicted molar refractivity (Wildman–Crippen MR) is 80.1 cm³/mol. The Bertz CT molecular complexity index is 625. The van der Waals surface area contributed by atoms with Gasteiger partial charge >= 0.3 is 5.97 Å². The van der Waals surface area contributed by atoms with E-state index < -0.39 is 5.97 Å². The van der Waals surface area contributed by atoms with Gasteiger partial charge in [0.15, 0.2) is 0 Å². The van der Waals surface area contributed by atoms with Gasteiger partial charge in [0.2, 0.25) is 5.91 Å². The summed E-state index contributed by atoms with van der Waals surface area (Å²) < 4.78 is 0. The fourth-order valence-corrected chi connectivity index (χ4v) is 2.66. The molecule has 2 aromatic rings. The third-order valence-corrected chi connectivity index (χ3v) is 3.82. The Kier molecular flexibility index (Phi) is 5.05. The van der Waals surface area contributed by atoms with E-state index in [0.29, 0.717) is 17.2 Å². The maximum atomic E-state index is 12.1. The Morgan fingerprint density at radius 2 is 1.95 bits per heavy atom. The molecule has 1 heterocycles. The van der Waals surface area contributed by atoms with Crippen LogP contribution in [-0.2, 0) is 29.0 Å². The molecule has 0 fully saturated rings. The average molecular weight is 304 g/mol. The number of hydrogen-bond donors (Lipinski definition) is 1. The highest BCUT2D eigenvalue weighted by Crippen LogP contribution is 2.13. The van der Waals surface area contributed by atoms with Crippen LogP contribution < -0.4 is 0 Å². The first-order chi connectivity index (χ1) is 10.0. The number of carbonyl (C=O) groups is 2. The Morgan fingerprint density at radius 1 is 1.24 bits per heavy atom. The van der Waals surface area contributed by atoms with Crippen molar-refractivity contribution in [1.29, 1.82) is 0 Å². The van der Waals surface area contributed by atoms with Crippen molar-refractivity contribution in [3.05, 3.63) is 52.0 Å². The molecule has 0 saturated heterocycles. The minimum absolute atomic E-state index is 0.0323. The summed E-state index contributed by atoms with van der Waals surface area (Å²) in [7, 11) is 1.75. The first-order valence-corrected chi connectivity index (χ1v) is 7.35. The predicted octanol–water partition coefficient (Wildman–Crippen LogP) is 1.97. The third-order valence-electron chi connectivity index (χ3n) is 2.92. The first-order valence-electron chi connectivity index (χ1n) is 6.47. The summed E-state index contributed by atoms with van der Waals surface area (Å²) in [5.74, 6) is -0.950. The van der Waals surface area contributed by atoms with Gasteiger partial charge in [-0.25, -0.2) is 4.98 Å². The lowest BCUT2D eigenvalue weighted by molar-refractivity contribution is -0.136. The summed E-state index contributed by atoms with van der Waals surface area (Å²) in [6, 6.07) is 9.75. The minimum Gasteiger partial charge on any atom is -0.481 e. The highest BCUT2D eigenvalue weighted by Gasteiger charge is 2.13. The molecule has 1 amide bonds. The quantitative estimate of drug-likeness (QED) is 0.886. The Labute approximate surface area is 126 Å². The summed E-state index contributed by atoms with van der Waals surface area (Å²) in [5, 5.41) is 11.0. The van der Waals surface area contributed by atoms with E-state index in [2.05, 4.69) is 4.98 Å². The number of carboxylic acids is 1. The van der Waals surface area contributed by atoms with Crippen LogP contribution in [-0.4, -0.2) is 33.9 Å². The lowest BCUT2D eigenvalue weighted by Crippen LogP contribution is -2.27. The number of likely N-dealkylation sites (N-methyl/N-ethyl adjacent to an activating group) is 1. The molecular weight excluding hydrogens is 288 g/mol. The second kappa shape index (κ2) is 6.99. The number of thiazole rings is 1. The number of carboxylic acid groups (broad SMARTS) is 1. The van der Waals surface area contributed by atoms with Crippen LogP contribution in [0.2, 0.25) is 0 Å². The van der Waals surface area contributed by atoms with Gasteiger partial charge in [-0.1, -0.05) is 30.3 Å². The fraction of sp³-hybridized carbons (Fsp3) is 0.267. The second-order valence-electron chi connectivity index (χ2n) is 4.72. The molecule has 21 heavy (non-hydrogen) atoms. The van der Waals surface area contributed by atoms with Gasteiger partial charge in [-0.15, -0.1) is 11.3 Å². The SMILES string of the molecule is CN(Cc1ccccc1)C(=O)Cc1nc(CC(=O)O)cs1. The number of carbonyl (C=O) groups excluding carboxylic acids is 1. The molecule has 0 atom stereocenters. The standard InChI is InChI=1S/C15H16N2O3S/c1-17(9-11-5-3-2-4-6-11)14(18)8-13-16-12(10-21-13)7-15(19)20/h2-6,10H,7-9H2,1H3,(H,19,20). The Balaban J connectivity index is 1.91. The number of benzene rings is 1. The van der Waals surface area contributed by atoms with Crippen LogP contribution >= 0.6 is 11.3 Å². The summed E-state index contributed by atoms with van der Waals surface area (Å²) in [6.45, 7) is 0.549. The summed E-state index contributed by atoms with van der Waals surface area (Å²) >= 11 is 1.32. The van der Waals surface area contributed by atoms with Crippen molar-refractivity contribution in [2.24, 2.45) is 0 Å². The van der Waals surface area contributed by atoms with Crippen molar-refractivity contribution >= 4 is 23.2 Å². The van der Waals surface area contributed by atoms with E-state index in [4.69, 9.17) is 5.11 Å². The monoisotopic (exact) mass is 304 g/mol. The number of hydrogen-bond acceptors (Lipinski definition) is 4. The smallest absolute Gasteiger partial charge is 0.309 e.